The Balaban J connectivity index is 0.000000316. The van der Waals surface area contributed by atoms with Crippen molar-refractivity contribution < 1.29 is 82.2 Å². The average Bonchev–Trinajstić information content (AvgIpc) is 0.829. The molecule has 101 heavy (non-hydrogen) atoms. The summed E-state index contributed by atoms with van der Waals surface area (Å²) in [6.07, 6.45) is 2.67. The standard InChI is InChI=1S/C26H21N5O8.C26H27N3O6.C9H6N2O2.C8H9NO4.CH4/c1-16-6-8-20(10-22(16)28-15-32)29-25(33)37-12-18-4-3-5-19(24(18)31(35)36)13-38-26(34)30-23-11-21(39-14-27)9-7-17(23)2;1-16-8-9-18(3)23(12-16)28-26(31)35-15-21-7-5-6-20(24(21)29(32)33)14-34-25(30)27-22-11-10-17(2)19(4)13-22;1-7-2-3-8(13-5-10)4-9(7)11-6-12;10-4-6-2-1-3-7(5-11)8(6)9(12)13;/h3-11H,12-13H2,1-2H3,(H,29,33)(H,30,34);5-13H,14-15H2,1-4H3,(H,27,30)(H,28,31);2-4H,1H3;1-3,10-11H,4-5H2;1H4. The first kappa shape index (κ1) is 79.7. The highest BCUT2D eigenvalue weighted by Crippen LogP contribution is 2.31. The van der Waals surface area contributed by atoms with Gasteiger partial charge in [0.15, 0.2) is 0 Å². The zero-order chi connectivity index (χ0) is 73.4. The zero-order valence-corrected chi connectivity index (χ0v) is 54.5. The van der Waals surface area contributed by atoms with Crippen molar-refractivity contribution in [3.8, 4) is 24.0 Å². The monoisotopic (exact) mass is 1380 g/mol. The van der Waals surface area contributed by atoms with Gasteiger partial charge in [-0.25, -0.2) is 28.8 Å². The zero-order valence-electron chi connectivity index (χ0n) is 54.5. The average molecular weight is 1380 g/mol. The number of para-hydroxylation sites is 3. The van der Waals surface area contributed by atoms with E-state index in [2.05, 4.69) is 36.0 Å². The van der Waals surface area contributed by atoms with Crippen LogP contribution >= 0.6 is 0 Å². The molecule has 0 saturated carbocycles. The van der Waals surface area contributed by atoms with E-state index in [1.807, 2.05) is 45.9 Å². The number of anilines is 4. The van der Waals surface area contributed by atoms with Crippen molar-refractivity contribution in [2.45, 2.75) is 95.5 Å². The molecule has 0 saturated heterocycles. The number of carbonyl (C=O) groups excluding carboxylic acids is 6. The van der Waals surface area contributed by atoms with Gasteiger partial charge in [0, 0.05) is 29.2 Å². The fraction of sp³-hybridized carbons (Fsp3) is 0.200. The molecule has 0 fully saturated rings. The van der Waals surface area contributed by atoms with Crippen LogP contribution in [0, 0.1) is 102 Å². The molecular weight excluding hydrogens is 1310 g/mol. The molecule has 0 spiro atoms. The number of hydrogen-bond acceptors (Lipinski definition) is 24. The largest absolute Gasteiger partial charge is 0.444 e. The molecule has 31 nitrogen and oxygen atoms in total. The quantitative estimate of drug-likeness (QED) is 0.00971. The summed E-state index contributed by atoms with van der Waals surface area (Å²) in [7, 11) is 0. The molecule has 4 amide bonds. The summed E-state index contributed by atoms with van der Waals surface area (Å²) in [4.78, 5) is 109. The predicted octanol–water partition coefficient (Wildman–Crippen LogP) is 14.9. The summed E-state index contributed by atoms with van der Waals surface area (Å²) in [5.74, 6) is 0.574. The van der Waals surface area contributed by atoms with Gasteiger partial charge in [0.2, 0.25) is 12.2 Å². The van der Waals surface area contributed by atoms with Crippen molar-refractivity contribution in [1.29, 1.82) is 10.5 Å². The number of isocyanates is 2. The van der Waals surface area contributed by atoms with Gasteiger partial charge in [-0.2, -0.15) is 9.98 Å². The van der Waals surface area contributed by atoms with E-state index in [9.17, 15) is 59.1 Å². The van der Waals surface area contributed by atoms with Crippen LogP contribution in [0.4, 0.5) is 70.4 Å². The molecule has 0 unspecified atom stereocenters. The number of amides is 4. The maximum absolute atomic E-state index is 12.3. The molecular formula is C70H67N11O20. The first-order chi connectivity index (χ1) is 47.8. The minimum atomic E-state index is -0.895. The van der Waals surface area contributed by atoms with E-state index in [0.29, 0.717) is 51.0 Å². The van der Waals surface area contributed by atoms with E-state index < -0.39 is 65.6 Å². The lowest BCUT2D eigenvalue weighted by molar-refractivity contribution is -0.387. The number of rotatable bonds is 21. The highest BCUT2D eigenvalue weighted by Gasteiger charge is 2.25. The number of hydrogen-bond donors (Lipinski definition) is 6. The number of ether oxygens (including phenoxy) is 6. The van der Waals surface area contributed by atoms with E-state index in [-0.39, 0.29) is 76.8 Å². The van der Waals surface area contributed by atoms with Crippen LogP contribution in [-0.4, -0.2) is 61.5 Å². The second-order valence-corrected chi connectivity index (χ2v) is 21.0. The van der Waals surface area contributed by atoms with Gasteiger partial charge in [0.05, 0.1) is 78.4 Å². The van der Waals surface area contributed by atoms with Crippen molar-refractivity contribution in [2.24, 2.45) is 9.98 Å². The van der Waals surface area contributed by atoms with E-state index in [1.165, 1.54) is 85.3 Å². The molecule has 8 rings (SSSR count). The number of nitro benzene ring substituents is 3. The number of nitro groups is 3. The summed E-state index contributed by atoms with van der Waals surface area (Å²) in [6.45, 7) is 10.5. The van der Waals surface area contributed by atoms with Gasteiger partial charge < -0.3 is 38.6 Å². The van der Waals surface area contributed by atoms with Crippen molar-refractivity contribution >= 4 is 87.7 Å². The second-order valence-electron chi connectivity index (χ2n) is 21.0. The van der Waals surface area contributed by atoms with E-state index in [0.717, 1.165) is 27.8 Å². The summed E-state index contributed by atoms with van der Waals surface area (Å²) in [6, 6.07) is 38.4. The van der Waals surface area contributed by atoms with E-state index in [1.54, 1.807) is 87.5 Å². The number of aryl methyl sites for hydroxylation is 7. The molecule has 0 aliphatic carbocycles. The smallest absolute Gasteiger partial charge is 0.411 e. The first-order valence-electron chi connectivity index (χ1n) is 29.3. The number of aliphatic imine (C=N–C) groups is 2. The molecule has 0 aliphatic rings. The molecule has 31 heteroatoms. The number of nitrogens with one attached hydrogen (secondary N) is 4. The van der Waals surface area contributed by atoms with Crippen molar-refractivity contribution in [1.82, 2.24) is 0 Å². The SMILES string of the molecule is C.Cc1ccc(C)c(NC(=O)OCc2cccc(COC(=O)Nc3ccc(C)c(C)c3)c2[N+](=O)[O-])c1.Cc1ccc(NC(=O)OCc2cccc(COC(=O)Nc3cc(OC#N)ccc3C)c2[N+](=O)[O-])cc1N=C=O.Cc1ccc(OC#N)cc1N=C=O.O=[N+]([O-])c1c(CO)cccc1CO. The molecule has 522 valence electrons. The van der Waals surface area contributed by atoms with Crippen LogP contribution in [0.2, 0.25) is 0 Å². The molecule has 0 atom stereocenters. The van der Waals surface area contributed by atoms with Crippen molar-refractivity contribution in [3.63, 3.8) is 0 Å². The number of aliphatic hydroxyl groups is 2. The number of benzene rings is 8. The summed E-state index contributed by atoms with van der Waals surface area (Å²) < 4.78 is 30.0. The molecule has 8 aromatic carbocycles. The van der Waals surface area contributed by atoms with Gasteiger partial charge in [0.25, 0.3) is 29.6 Å². The Bertz CT molecular complexity index is 4520. The van der Waals surface area contributed by atoms with E-state index >= 15 is 0 Å². The molecule has 0 bridgehead atoms. The summed E-state index contributed by atoms with van der Waals surface area (Å²) in [5.41, 5.74) is 8.75. The lowest BCUT2D eigenvalue weighted by Crippen LogP contribution is -2.16. The minimum Gasteiger partial charge on any atom is -0.444 e. The Kier molecular flexibility index (Phi) is 31.6. The van der Waals surface area contributed by atoms with Gasteiger partial charge in [-0.15, -0.1) is 10.5 Å². The van der Waals surface area contributed by atoms with Crippen LogP contribution in [0.15, 0.2) is 156 Å². The molecule has 0 aliphatic heterocycles. The fourth-order valence-corrected chi connectivity index (χ4v) is 8.80. The third kappa shape index (κ3) is 24.8. The molecule has 0 radical (unpaired) electrons. The Hall–Kier alpha value is -13.7. The fourth-order valence-electron chi connectivity index (χ4n) is 8.80. The number of nitrogens with zero attached hydrogens (tertiary/aromatic N) is 7. The third-order valence-corrected chi connectivity index (χ3v) is 14.1. The topological polar surface area (TPSA) is 448 Å². The highest BCUT2D eigenvalue weighted by atomic mass is 16.6. The second kappa shape index (κ2) is 40.0. The molecule has 0 heterocycles. The lowest BCUT2D eigenvalue weighted by Gasteiger charge is -2.12. The Morgan fingerprint density at radius 1 is 0.426 bits per heavy atom. The Morgan fingerprint density at radius 2 is 0.762 bits per heavy atom. The Morgan fingerprint density at radius 3 is 1.16 bits per heavy atom. The van der Waals surface area contributed by atoms with Crippen molar-refractivity contribution in [3.05, 3.63) is 248 Å². The maximum atomic E-state index is 12.3. The number of nitriles is 2. The normalized spacial score (nSPS) is 9.77. The first-order valence-corrected chi connectivity index (χ1v) is 29.3. The van der Waals surface area contributed by atoms with Crippen LogP contribution in [0.25, 0.3) is 0 Å². The van der Waals surface area contributed by atoms with Crippen LogP contribution < -0.4 is 30.7 Å². The van der Waals surface area contributed by atoms with Crippen LogP contribution in [0.5, 0.6) is 11.5 Å². The van der Waals surface area contributed by atoms with Gasteiger partial charge in [-0.1, -0.05) is 62.0 Å². The molecule has 6 N–H and O–H groups in total. The lowest BCUT2D eigenvalue weighted by atomic mass is 10.1. The summed E-state index contributed by atoms with van der Waals surface area (Å²) in [5, 5.41) is 78.8. The van der Waals surface area contributed by atoms with Crippen LogP contribution in [0.3, 0.4) is 0 Å². The third-order valence-electron chi connectivity index (χ3n) is 14.1. The molecule has 0 aromatic heterocycles. The van der Waals surface area contributed by atoms with Crippen LogP contribution in [0.1, 0.15) is 79.8 Å². The van der Waals surface area contributed by atoms with Gasteiger partial charge >= 0.3 is 24.4 Å². The van der Waals surface area contributed by atoms with Gasteiger partial charge in [-0.05, 0) is 166 Å². The highest BCUT2D eigenvalue weighted by molar-refractivity contribution is 5.88. The van der Waals surface area contributed by atoms with Gasteiger partial charge in [-0.3, -0.25) is 51.6 Å². The minimum absolute atomic E-state index is 0. The maximum Gasteiger partial charge on any atom is 0.411 e. The van der Waals surface area contributed by atoms with E-state index in [4.69, 9.17) is 44.4 Å². The Labute approximate surface area is 577 Å². The van der Waals surface area contributed by atoms with Crippen LogP contribution in [-0.2, 0) is 68.2 Å². The van der Waals surface area contributed by atoms with Crippen molar-refractivity contribution in [2.75, 3.05) is 21.3 Å². The number of aliphatic hydroxyl groups excluding tert-OH is 2. The number of carbonyl (C=O) groups is 4. The summed E-state index contributed by atoms with van der Waals surface area (Å²) >= 11 is 0. The predicted molar refractivity (Wildman–Crippen MR) is 367 cm³/mol. The molecule has 8 aromatic rings. The van der Waals surface area contributed by atoms with Gasteiger partial charge in [0.1, 0.15) is 37.9 Å².